The third-order valence-electron chi connectivity index (χ3n) is 4.54. The average Bonchev–Trinajstić information content (AvgIpc) is 2.76. The minimum Gasteiger partial charge on any atom is -0.309 e. The van der Waals surface area contributed by atoms with E-state index < -0.39 is 0 Å². The van der Waals surface area contributed by atoms with Gasteiger partial charge in [-0.2, -0.15) is 0 Å². The van der Waals surface area contributed by atoms with Gasteiger partial charge in [-0.1, -0.05) is 36.2 Å². The van der Waals surface area contributed by atoms with E-state index in [0.717, 1.165) is 16.0 Å². The van der Waals surface area contributed by atoms with Crippen LogP contribution in [0.2, 0.25) is 0 Å². The van der Waals surface area contributed by atoms with Crippen LogP contribution in [0.25, 0.3) is 0 Å². The Hall–Kier alpha value is -0.940. The molecule has 1 aliphatic carbocycles. The molecule has 0 heterocycles. The van der Waals surface area contributed by atoms with E-state index in [2.05, 4.69) is 35.1 Å². The smallest absolute Gasteiger partial charge is 0.273 e. The standard InChI is InChI=1S/C15H21BrN2O2/c1-3-11-4-6-14(10(11)2)17-9-12-8-13(16)5-7-15(12)18(19)20/h5,7-8,10-11,14,17H,3-4,6,9H2,1-2H3. The first-order valence-electron chi connectivity index (χ1n) is 7.19. The third-order valence-corrected chi connectivity index (χ3v) is 5.04. The average molecular weight is 341 g/mol. The fraction of sp³-hybridized carbons (Fsp3) is 0.600. The monoisotopic (exact) mass is 340 g/mol. The van der Waals surface area contributed by atoms with Gasteiger partial charge in [0.15, 0.2) is 0 Å². The number of nitrogens with zero attached hydrogens (tertiary/aromatic N) is 1. The molecule has 3 atom stereocenters. The molecule has 1 aliphatic rings. The molecule has 0 spiro atoms. The van der Waals surface area contributed by atoms with Gasteiger partial charge in [-0.3, -0.25) is 10.1 Å². The van der Waals surface area contributed by atoms with Gasteiger partial charge >= 0.3 is 0 Å². The maximum atomic E-state index is 11.1. The fourth-order valence-electron chi connectivity index (χ4n) is 3.23. The summed E-state index contributed by atoms with van der Waals surface area (Å²) in [5.74, 6) is 1.43. The molecule has 110 valence electrons. The zero-order chi connectivity index (χ0) is 14.7. The fourth-order valence-corrected chi connectivity index (χ4v) is 3.64. The third kappa shape index (κ3) is 3.38. The minimum atomic E-state index is -0.309. The summed E-state index contributed by atoms with van der Waals surface area (Å²) in [6, 6.07) is 5.58. The Balaban J connectivity index is 2.04. The van der Waals surface area contributed by atoms with Crippen molar-refractivity contribution in [2.45, 2.75) is 45.7 Å². The first kappa shape index (κ1) is 15.4. The van der Waals surface area contributed by atoms with E-state index in [1.807, 2.05) is 6.07 Å². The first-order valence-corrected chi connectivity index (χ1v) is 7.98. The molecule has 4 nitrogen and oxygen atoms in total. The second-order valence-corrected chi connectivity index (χ2v) is 6.54. The zero-order valence-corrected chi connectivity index (χ0v) is 13.5. The molecular formula is C15H21BrN2O2. The van der Waals surface area contributed by atoms with Crippen LogP contribution in [0.15, 0.2) is 22.7 Å². The van der Waals surface area contributed by atoms with Gasteiger partial charge in [0.25, 0.3) is 5.69 Å². The van der Waals surface area contributed by atoms with Crippen molar-refractivity contribution in [1.82, 2.24) is 5.32 Å². The van der Waals surface area contributed by atoms with E-state index >= 15 is 0 Å². The largest absolute Gasteiger partial charge is 0.309 e. The SMILES string of the molecule is CCC1CCC(NCc2cc(Br)ccc2[N+](=O)[O-])C1C. The van der Waals surface area contributed by atoms with Crippen molar-refractivity contribution >= 4 is 21.6 Å². The Labute approximate surface area is 128 Å². The van der Waals surface area contributed by atoms with Crippen LogP contribution in [0.1, 0.15) is 38.7 Å². The Kier molecular flexibility index (Phi) is 5.16. The Bertz CT molecular complexity index is 493. The molecule has 1 saturated carbocycles. The molecule has 1 fully saturated rings. The van der Waals surface area contributed by atoms with Gasteiger partial charge in [0.05, 0.1) is 4.92 Å². The first-order chi connectivity index (χ1) is 9.52. The molecule has 0 amide bonds. The highest BCUT2D eigenvalue weighted by atomic mass is 79.9. The zero-order valence-electron chi connectivity index (χ0n) is 11.9. The van der Waals surface area contributed by atoms with Crippen molar-refractivity contribution in [2.24, 2.45) is 11.8 Å². The number of nitrogens with one attached hydrogen (secondary N) is 1. The number of nitro groups is 1. The Morgan fingerprint density at radius 1 is 1.45 bits per heavy atom. The molecule has 3 unspecified atom stereocenters. The molecule has 1 aromatic rings. The summed E-state index contributed by atoms with van der Waals surface area (Å²) < 4.78 is 0.880. The minimum absolute atomic E-state index is 0.193. The van der Waals surface area contributed by atoms with E-state index in [1.54, 1.807) is 12.1 Å². The lowest BCUT2D eigenvalue weighted by molar-refractivity contribution is -0.385. The number of nitro benzene ring substituents is 1. The van der Waals surface area contributed by atoms with Crippen LogP contribution in [0, 0.1) is 22.0 Å². The van der Waals surface area contributed by atoms with E-state index in [4.69, 9.17) is 0 Å². The molecule has 0 bridgehead atoms. The van der Waals surface area contributed by atoms with Gasteiger partial charge < -0.3 is 5.32 Å². The van der Waals surface area contributed by atoms with Gasteiger partial charge in [-0.15, -0.1) is 0 Å². The predicted molar refractivity (Wildman–Crippen MR) is 83.6 cm³/mol. The molecular weight excluding hydrogens is 320 g/mol. The summed E-state index contributed by atoms with van der Waals surface area (Å²) in [6.45, 7) is 5.08. The normalized spacial score (nSPS) is 25.9. The van der Waals surface area contributed by atoms with Crippen molar-refractivity contribution in [3.8, 4) is 0 Å². The van der Waals surface area contributed by atoms with Gasteiger partial charge in [0, 0.05) is 28.7 Å². The summed E-state index contributed by atoms with van der Waals surface area (Å²) >= 11 is 3.38. The van der Waals surface area contributed by atoms with Crippen LogP contribution in [-0.4, -0.2) is 11.0 Å². The maximum absolute atomic E-state index is 11.1. The second kappa shape index (κ2) is 6.68. The summed E-state index contributed by atoms with van der Waals surface area (Å²) in [6.07, 6.45) is 3.65. The predicted octanol–water partition coefficient (Wildman–Crippen LogP) is 4.27. The lowest BCUT2D eigenvalue weighted by Crippen LogP contribution is -2.32. The van der Waals surface area contributed by atoms with Crippen molar-refractivity contribution in [2.75, 3.05) is 0 Å². The number of rotatable bonds is 5. The Morgan fingerprint density at radius 3 is 2.80 bits per heavy atom. The van der Waals surface area contributed by atoms with Crippen molar-refractivity contribution in [3.63, 3.8) is 0 Å². The van der Waals surface area contributed by atoms with Crippen molar-refractivity contribution in [3.05, 3.63) is 38.3 Å². The molecule has 0 saturated heterocycles. The van der Waals surface area contributed by atoms with Crippen molar-refractivity contribution < 1.29 is 4.92 Å². The summed E-state index contributed by atoms with van der Waals surface area (Å²) in [4.78, 5) is 10.7. The maximum Gasteiger partial charge on any atom is 0.273 e. The summed E-state index contributed by atoms with van der Waals surface area (Å²) in [5, 5.41) is 14.6. The van der Waals surface area contributed by atoms with Gasteiger partial charge in [0.1, 0.15) is 0 Å². The summed E-state index contributed by atoms with van der Waals surface area (Å²) in [7, 11) is 0. The van der Waals surface area contributed by atoms with Crippen molar-refractivity contribution in [1.29, 1.82) is 0 Å². The lowest BCUT2D eigenvalue weighted by atomic mass is 9.93. The molecule has 2 rings (SSSR count). The van der Waals surface area contributed by atoms with Crippen LogP contribution in [-0.2, 0) is 6.54 Å². The second-order valence-electron chi connectivity index (χ2n) is 5.62. The van der Waals surface area contributed by atoms with Crippen LogP contribution < -0.4 is 5.32 Å². The number of benzene rings is 1. The number of halogens is 1. The molecule has 0 aromatic heterocycles. The molecule has 1 N–H and O–H groups in total. The molecule has 20 heavy (non-hydrogen) atoms. The van der Waals surface area contributed by atoms with E-state index in [0.29, 0.717) is 18.5 Å². The topological polar surface area (TPSA) is 55.2 Å². The highest BCUT2D eigenvalue weighted by Gasteiger charge is 2.31. The highest BCUT2D eigenvalue weighted by Crippen LogP contribution is 2.34. The van der Waals surface area contributed by atoms with Crippen LogP contribution in [0.5, 0.6) is 0 Å². The molecule has 5 heteroatoms. The summed E-state index contributed by atoms with van der Waals surface area (Å²) in [5.41, 5.74) is 0.940. The molecule has 0 aliphatic heterocycles. The van der Waals surface area contributed by atoms with E-state index in [9.17, 15) is 10.1 Å². The molecule has 1 aromatic carbocycles. The van der Waals surface area contributed by atoms with Crippen LogP contribution in [0.4, 0.5) is 5.69 Å². The van der Waals surface area contributed by atoms with Gasteiger partial charge in [0.2, 0.25) is 0 Å². The van der Waals surface area contributed by atoms with E-state index in [-0.39, 0.29) is 10.6 Å². The van der Waals surface area contributed by atoms with Crippen LogP contribution in [0.3, 0.4) is 0 Å². The van der Waals surface area contributed by atoms with Gasteiger partial charge in [-0.25, -0.2) is 0 Å². The highest BCUT2D eigenvalue weighted by molar-refractivity contribution is 9.10. The van der Waals surface area contributed by atoms with Crippen LogP contribution >= 0.6 is 15.9 Å². The van der Waals surface area contributed by atoms with E-state index in [1.165, 1.54) is 19.3 Å². The number of hydrogen-bond acceptors (Lipinski definition) is 3. The number of hydrogen-bond donors (Lipinski definition) is 1. The molecule has 0 radical (unpaired) electrons. The lowest BCUT2D eigenvalue weighted by Gasteiger charge is -2.21. The quantitative estimate of drug-likeness (QED) is 0.643. The Morgan fingerprint density at radius 2 is 2.20 bits per heavy atom. The van der Waals surface area contributed by atoms with Gasteiger partial charge in [-0.05, 0) is 36.8 Å².